The molecule has 3 rings (SSSR count). The van der Waals surface area contributed by atoms with Gasteiger partial charge in [-0.2, -0.15) is 0 Å². The molecule has 2 amide bonds. The fourth-order valence-corrected chi connectivity index (χ4v) is 2.69. The van der Waals surface area contributed by atoms with Crippen LogP contribution < -0.4 is 5.32 Å². The van der Waals surface area contributed by atoms with Crippen LogP contribution >= 0.6 is 0 Å². The van der Waals surface area contributed by atoms with Crippen molar-refractivity contribution in [1.29, 1.82) is 0 Å². The van der Waals surface area contributed by atoms with E-state index in [4.69, 9.17) is 0 Å². The predicted octanol–water partition coefficient (Wildman–Crippen LogP) is 2.60. The number of hydrogen-bond acceptors (Lipinski definition) is 2. The van der Waals surface area contributed by atoms with Gasteiger partial charge in [-0.15, -0.1) is 0 Å². The molecule has 1 N–H and O–H groups in total. The molecule has 0 bridgehead atoms. The van der Waals surface area contributed by atoms with Gasteiger partial charge < -0.3 is 0 Å². The third-order valence-electron chi connectivity index (χ3n) is 3.75. The Hall–Kier alpha value is -2.42. The van der Waals surface area contributed by atoms with E-state index >= 15 is 0 Å². The molecule has 2 aromatic rings. The van der Waals surface area contributed by atoms with Crippen molar-refractivity contribution in [1.82, 2.24) is 5.32 Å². The first kappa shape index (κ1) is 12.6. The van der Waals surface area contributed by atoms with Gasteiger partial charge in [0.1, 0.15) is 0 Å². The number of amides is 2. The molecule has 0 unspecified atom stereocenters. The lowest BCUT2D eigenvalue weighted by Gasteiger charge is -2.28. The van der Waals surface area contributed by atoms with Crippen molar-refractivity contribution in [3.8, 4) is 0 Å². The third-order valence-corrected chi connectivity index (χ3v) is 3.75. The normalized spacial score (nSPS) is 22.4. The van der Waals surface area contributed by atoms with Crippen LogP contribution in [0.4, 0.5) is 0 Å². The summed E-state index contributed by atoms with van der Waals surface area (Å²) in [5, 5.41) is 2.50. The van der Waals surface area contributed by atoms with Gasteiger partial charge in [0.2, 0.25) is 11.8 Å². The highest BCUT2D eigenvalue weighted by Gasteiger charge is 2.35. The number of benzene rings is 2. The molecule has 3 nitrogen and oxygen atoms in total. The van der Waals surface area contributed by atoms with Crippen LogP contribution in [0.5, 0.6) is 0 Å². The molecule has 100 valence electrons. The van der Waals surface area contributed by atoms with Gasteiger partial charge in [0.25, 0.3) is 0 Å². The van der Waals surface area contributed by atoms with Crippen LogP contribution in [0.15, 0.2) is 60.7 Å². The zero-order valence-electron chi connectivity index (χ0n) is 11.0. The smallest absolute Gasteiger partial charge is 0.234 e. The van der Waals surface area contributed by atoms with Crippen molar-refractivity contribution in [2.75, 3.05) is 0 Å². The van der Waals surface area contributed by atoms with E-state index in [9.17, 15) is 9.59 Å². The molecule has 1 aliphatic heterocycles. The number of carbonyl (C=O) groups excluding carboxylic acids is 2. The monoisotopic (exact) mass is 265 g/mol. The lowest BCUT2D eigenvalue weighted by atomic mass is 9.81. The van der Waals surface area contributed by atoms with Gasteiger partial charge in [-0.1, -0.05) is 60.7 Å². The Morgan fingerprint density at radius 2 is 1.10 bits per heavy atom. The number of rotatable bonds is 2. The lowest BCUT2D eigenvalue weighted by Crippen LogP contribution is -2.44. The molecule has 2 atom stereocenters. The average molecular weight is 265 g/mol. The van der Waals surface area contributed by atoms with Crippen LogP contribution in [0.1, 0.15) is 29.4 Å². The van der Waals surface area contributed by atoms with Crippen LogP contribution in [-0.4, -0.2) is 11.8 Å². The summed E-state index contributed by atoms with van der Waals surface area (Å²) in [6.07, 6.45) is 0.526. The molecular weight excluding hydrogens is 250 g/mol. The molecule has 0 aromatic heterocycles. The van der Waals surface area contributed by atoms with Crippen molar-refractivity contribution >= 4 is 11.8 Å². The molecule has 1 fully saturated rings. The maximum Gasteiger partial charge on any atom is 0.234 e. The van der Waals surface area contributed by atoms with Crippen molar-refractivity contribution in [3.63, 3.8) is 0 Å². The number of hydrogen-bond donors (Lipinski definition) is 1. The predicted molar refractivity (Wildman–Crippen MR) is 76.1 cm³/mol. The highest BCUT2D eigenvalue weighted by Crippen LogP contribution is 2.33. The molecule has 0 aliphatic carbocycles. The SMILES string of the molecule is O=C1NC(=O)[C@@H](c2ccccc2)C[C@H]1c1ccccc1. The maximum atomic E-state index is 12.1. The summed E-state index contributed by atoms with van der Waals surface area (Å²) in [4.78, 5) is 24.1. The van der Waals surface area contributed by atoms with E-state index in [2.05, 4.69) is 5.32 Å². The fourth-order valence-electron chi connectivity index (χ4n) is 2.69. The molecule has 1 heterocycles. The van der Waals surface area contributed by atoms with E-state index in [-0.39, 0.29) is 23.7 Å². The molecule has 20 heavy (non-hydrogen) atoms. The number of imide groups is 1. The summed E-state index contributed by atoms with van der Waals surface area (Å²) >= 11 is 0. The molecule has 2 aromatic carbocycles. The van der Waals surface area contributed by atoms with Gasteiger partial charge in [-0.25, -0.2) is 0 Å². The summed E-state index contributed by atoms with van der Waals surface area (Å²) in [7, 11) is 0. The van der Waals surface area contributed by atoms with Gasteiger partial charge >= 0.3 is 0 Å². The van der Waals surface area contributed by atoms with E-state index < -0.39 is 0 Å². The Bertz CT molecular complexity index is 566. The highest BCUT2D eigenvalue weighted by atomic mass is 16.2. The Balaban J connectivity index is 1.91. The Kier molecular flexibility index (Phi) is 3.33. The van der Waals surface area contributed by atoms with E-state index in [0.29, 0.717) is 6.42 Å². The van der Waals surface area contributed by atoms with Crippen molar-refractivity contribution in [2.45, 2.75) is 18.3 Å². The van der Waals surface area contributed by atoms with Crippen LogP contribution in [-0.2, 0) is 9.59 Å². The number of nitrogens with one attached hydrogen (secondary N) is 1. The Labute approximate surface area is 117 Å². The molecule has 0 radical (unpaired) electrons. The summed E-state index contributed by atoms with van der Waals surface area (Å²) in [5.41, 5.74) is 1.91. The Morgan fingerprint density at radius 3 is 1.50 bits per heavy atom. The fraction of sp³-hybridized carbons (Fsp3) is 0.176. The van der Waals surface area contributed by atoms with E-state index in [1.807, 2.05) is 60.7 Å². The van der Waals surface area contributed by atoms with Gasteiger partial charge in [0, 0.05) is 0 Å². The minimum atomic E-state index is -0.265. The lowest BCUT2D eigenvalue weighted by molar-refractivity contribution is -0.135. The van der Waals surface area contributed by atoms with Gasteiger partial charge in [-0.05, 0) is 17.5 Å². The minimum Gasteiger partial charge on any atom is -0.295 e. The summed E-state index contributed by atoms with van der Waals surface area (Å²) in [6.45, 7) is 0. The second-order valence-corrected chi connectivity index (χ2v) is 5.02. The molecule has 3 heteroatoms. The third kappa shape index (κ3) is 2.35. The molecular formula is C17H15NO2. The van der Waals surface area contributed by atoms with Crippen molar-refractivity contribution in [3.05, 3.63) is 71.8 Å². The summed E-state index contributed by atoms with van der Waals surface area (Å²) in [5.74, 6) is -0.931. The maximum absolute atomic E-state index is 12.1. The van der Waals surface area contributed by atoms with Crippen LogP contribution in [0.3, 0.4) is 0 Å². The molecule has 1 aliphatic rings. The highest BCUT2D eigenvalue weighted by molar-refractivity contribution is 6.04. The molecule has 0 saturated carbocycles. The number of carbonyl (C=O) groups is 2. The second-order valence-electron chi connectivity index (χ2n) is 5.02. The van der Waals surface area contributed by atoms with Crippen LogP contribution in [0.25, 0.3) is 0 Å². The zero-order chi connectivity index (χ0) is 13.9. The first-order valence-electron chi connectivity index (χ1n) is 6.70. The molecule has 1 saturated heterocycles. The van der Waals surface area contributed by atoms with E-state index in [1.165, 1.54) is 0 Å². The van der Waals surface area contributed by atoms with Crippen LogP contribution in [0, 0.1) is 0 Å². The van der Waals surface area contributed by atoms with Crippen LogP contribution in [0.2, 0.25) is 0 Å². The minimum absolute atomic E-state index is 0.201. The first-order chi connectivity index (χ1) is 9.75. The average Bonchev–Trinajstić information content (AvgIpc) is 2.49. The van der Waals surface area contributed by atoms with Crippen molar-refractivity contribution in [2.24, 2.45) is 0 Å². The number of piperidine rings is 1. The van der Waals surface area contributed by atoms with Gasteiger partial charge in [0.15, 0.2) is 0 Å². The zero-order valence-corrected chi connectivity index (χ0v) is 11.0. The van der Waals surface area contributed by atoms with Gasteiger partial charge in [-0.3, -0.25) is 14.9 Å². The van der Waals surface area contributed by atoms with E-state index in [0.717, 1.165) is 11.1 Å². The summed E-state index contributed by atoms with van der Waals surface area (Å²) < 4.78 is 0. The summed E-state index contributed by atoms with van der Waals surface area (Å²) in [6, 6.07) is 19.2. The Morgan fingerprint density at radius 1 is 0.700 bits per heavy atom. The molecule has 0 spiro atoms. The quantitative estimate of drug-likeness (QED) is 0.848. The van der Waals surface area contributed by atoms with E-state index in [1.54, 1.807) is 0 Å². The first-order valence-corrected chi connectivity index (χ1v) is 6.70. The van der Waals surface area contributed by atoms with Crippen molar-refractivity contribution < 1.29 is 9.59 Å². The van der Waals surface area contributed by atoms with Gasteiger partial charge in [0.05, 0.1) is 11.8 Å². The largest absolute Gasteiger partial charge is 0.295 e. The topological polar surface area (TPSA) is 46.2 Å². The second kappa shape index (κ2) is 5.29. The standard InChI is InChI=1S/C17H15NO2/c19-16-14(12-7-3-1-4-8-12)11-15(17(20)18-16)13-9-5-2-6-10-13/h1-10,14-15H,11H2,(H,18,19,20)/t14-,15+.